The van der Waals surface area contributed by atoms with Crippen molar-refractivity contribution in [3.63, 3.8) is 0 Å². The van der Waals surface area contributed by atoms with Gasteiger partial charge >= 0.3 is 0 Å². The molecule has 2 aromatic carbocycles. The third kappa shape index (κ3) is 2.83. The van der Waals surface area contributed by atoms with Crippen LogP contribution in [0.1, 0.15) is 12.5 Å². The van der Waals surface area contributed by atoms with E-state index in [1.54, 1.807) is 12.1 Å². The predicted octanol–water partition coefficient (Wildman–Crippen LogP) is 3.66. The molecule has 4 heteroatoms. The summed E-state index contributed by atoms with van der Waals surface area (Å²) in [6, 6.07) is 12.9. The number of nitrogens with zero attached hydrogens (tertiary/aromatic N) is 1. The SMILES string of the molecule is CCN(c1cccc(O)c1)c1cccc(Cl)c1CN. The van der Waals surface area contributed by atoms with E-state index in [4.69, 9.17) is 17.3 Å². The molecule has 0 heterocycles. The normalized spacial score (nSPS) is 10.5. The second-order valence-electron chi connectivity index (χ2n) is 4.21. The lowest BCUT2D eigenvalue weighted by Crippen LogP contribution is -2.18. The Morgan fingerprint density at radius 2 is 1.95 bits per heavy atom. The van der Waals surface area contributed by atoms with Gasteiger partial charge in [-0.05, 0) is 31.2 Å². The van der Waals surface area contributed by atoms with Crippen molar-refractivity contribution in [3.8, 4) is 5.75 Å². The summed E-state index contributed by atoms with van der Waals surface area (Å²) >= 11 is 6.19. The van der Waals surface area contributed by atoms with Crippen LogP contribution in [0.15, 0.2) is 42.5 Å². The summed E-state index contributed by atoms with van der Waals surface area (Å²) in [5.41, 5.74) is 8.59. The van der Waals surface area contributed by atoms with E-state index in [9.17, 15) is 5.11 Å². The zero-order chi connectivity index (χ0) is 13.8. The number of benzene rings is 2. The van der Waals surface area contributed by atoms with E-state index >= 15 is 0 Å². The van der Waals surface area contributed by atoms with Gasteiger partial charge in [0.25, 0.3) is 0 Å². The van der Waals surface area contributed by atoms with Gasteiger partial charge in [-0.3, -0.25) is 0 Å². The Morgan fingerprint density at radius 1 is 1.21 bits per heavy atom. The van der Waals surface area contributed by atoms with E-state index in [0.717, 1.165) is 23.5 Å². The molecular weight excluding hydrogens is 260 g/mol. The average molecular weight is 277 g/mol. The first-order valence-corrected chi connectivity index (χ1v) is 6.59. The lowest BCUT2D eigenvalue weighted by Gasteiger charge is -2.26. The number of phenols is 1. The predicted molar refractivity (Wildman–Crippen MR) is 80.1 cm³/mol. The summed E-state index contributed by atoms with van der Waals surface area (Å²) < 4.78 is 0. The van der Waals surface area contributed by atoms with Gasteiger partial charge in [0.1, 0.15) is 5.75 Å². The number of rotatable bonds is 4. The van der Waals surface area contributed by atoms with Crippen molar-refractivity contribution >= 4 is 23.0 Å². The number of phenolic OH excluding ortho intramolecular Hbond substituents is 1. The maximum atomic E-state index is 9.61. The van der Waals surface area contributed by atoms with Crippen molar-refractivity contribution in [2.45, 2.75) is 13.5 Å². The van der Waals surface area contributed by atoms with Gasteiger partial charge in [-0.25, -0.2) is 0 Å². The number of hydrogen-bond donors (Lipinski definition) is 2. The molecular formula is C15H17ClN2O. The van der Waals surface area contributed by atoms with E-state index in [1.807, 2.05) is 37.3 Å². The standard InChI is InChI=1S/C15H17ClN2O/c1-2-18(11-5-3-6-12(19)9-11)15-8-4-7-14(16)13(15)10-17/h3-9,19H,2,10,17H2,1H3. The molecule has 0 fully saturated rings. The Balaban J connectivity index is 2.51. The minimum absolute atomic E-state index is 0.243. The molecule has 0 bridgehead atoms. The number of aromatic hydroxyl groups is 1. The van der Waals surface area contributed by atoms with E-state index < -0.39 is 0 Å². The zero-order valence-electron chi connectivity index (χ0n) is 10.8. The molecule has 0 radical (unpaired) electrons. The highest BCUT2D eigenvalue weighted by Gasteiger charge is 2.13. The van der Waals surface area contributed by atoms with Crippen LogP contribution >= 0.6 is 11.6 Å². The zero-order valence-corrected chi connectivity index (χ0v) is 11.6. The van der Waals surface area contributed by atoms with Gasteiger partial charge < -0.3 is 15.7 Å². The van der Waals surface area contributed by atoms with E-state index in [-0.39, 0.29) is 5.75 Å². The topological polar surface area (TPSA) is 49.5 Å². The van der Waals surface area contributed by atoms with Gasteiger partial charge in [0, 0.05) is 41.1 Å². The van der Waals surface area contributed by atoms with Crippen LogP contribution in [0.25, 0.3) is 0 Å². The molecule has 19 heavy (non-hydrogen) atoms. The van der Waals surface area contributed by atoms with E-state index in [1.165, 1.54) is 0 Å². The van der Waals surface area contributed by atoms with Crippen LogP contribution < -0.4 is 10.6 Å². The highest BCUT2D eigenvalue weighted by molar-refractivity contribution is 6.31. The highest BCUT2D eigenvalue weighted by Crippen LogP contribution is 2.33. The van der Waals surface area contributed by atoms with Crippen LogP contribution in [-0.2, 0) is 6.54 Å². The van der Waals surface area contributed by atoms with Crippen molar-refractivity contribution in [1.29, 1.82) is 0 Å². The van der Waals surface area contributed by atoms with Crippen molar-refractivity contribution < 1.29 is 5.11 Å². The smallest absolute Gasteiger partial charge is 0.117 e. The van der Waals surface area contributed by atoms with Crippen LogP contribution in [0.3, 0.4) is 0 Å². The maximum absolute atomic E-state index is 9.61. The Bertz CT molecular complexity index is 572. The molecule has 3 nitrogen and oxygen atoms in total. The number of nitrogens with two attached hydrogens (primary N) is 1. The molecule has 0 aliphatic rings. The maximum Gasteiger partial charge on any atom is 0.117 e. The molecule has 0 saturated carbocycles. The fourth-order valence-corrected chi connectivity index (χ4v) is 2.40. The highest BCUT2D eigenvalue weighted by atomic mass is 35.5. The molecule has 0 amide bonds. The number of hydrogen-bond acceptors (Lipinski definition) is 3. The third-order valence-corrected chi connectivity index (χ3v) is 3.40. The summed E-state index contributed by atoms with van der Waals surface area (Å²) in [5, 5.41) is 10.3. The monoisotopic (exact) mass is 276 g/mol. The molecule has 0 saturated heterocycles. The van der Waals surface area contributed by atoms with Crippen LogP contribution in [0, 0.1) is 0 Å². The summed E-state index contributed by atoms with van der Waals surface area (Å²) in [6.07, 6.45) is 0. The van der Waals surface area contributed by atoms with Crippen LogP contribution in [0.5, 0.6) is 5.75 Å². The fraction of sp³-hybridized carbons (Fsp3) is 0.200. The molecule has 3 N–H and O–H groups in total. The van der Waals surface area contributed by atoms with Gasteiger partial charge in [-0.1, -0.05) is 23.7 Å². The minimum atomic E-state index is 0.243. The summed E-state index contributed by atoms with van der Waals surface area (Å²) in [4.78, 5) is 2.08. The summed E-state index contributed by atoms with van der Waals surface area (Å²) in [7, 11) is 0. The van der Waals surface area contributed by atoms with Crippen LogP contribution in [0.4, 0.5) is 11.4 Å². The molecule has 0 aliphatic heterocycles. The Labute approximate surface area is 118 Å². The number of anilines is 2. The Kier molecular flexibility index (Phi) is 4.30. The molecule has 0 spiro atoms. The largest absolute Gasteiger partial charge is 0.508 e. The van der Waals surface area contributed by atoms with Crippen molar-refractivity contribution in [3.05, 3.63) is 53.1 Å². The quantitative estimate of drug-likeness (QED) is 0.896. The molecule has 0 aromatic heterocycles. The Morgan fingerprint density at radius 3 is 2.58 bits per heavy atom. The number of halogens is 1. The van der Waals surface area contributed by atoms with Gasteiger partial charge in [0.15, 0.2) is 0 Å². The van der Waals surface area contributed by atoms with Gasteiger partial charge in [0.2, 0.25) is 0 Å². The van der Waals surface area contributed by atoms with Gasteiger partial charge in [0.05, 0.1) is 0 Å². The van der Waals surface area contributed by atoms with Crippen molar-refractivity contribution in [1.82, 2.24) is 0 Å². The van der Waals surface area contributed by atoms with Crippen LogP contribution in [0.2, 0.25) is 5.02 Å². The molecule has 0 aliphatic carbocycles. The van der Waals surface area contributed by atoms with Crippen LogP contribution in [-0.4, -0.2) is 11.7 Å². The third-order valence-electron chi connectivity index (χ3n) is 3.05. The second-order valence-corrected chi connectivity index (χ2v) is 4.61. The Hall–Kier alpha value is -1.71. The molecule has 100 valence electrons. The van der Waals surface area contributed by atoms with E-state index in [2.05, 4.69) is 4.90 Å². The molecule has 0 unspecified atom stereocenters. The molecule has 0 atom stereocenters. The van der Waals surface area contributed by atoms with Gasteiger partial charge in [-0.15, -0.1) is 0 Å². The van der Waals surface area contributed by atoms with Crippen molar-refractivity contribution in [2.75, 3.05) is 11.4 Å². The van der Waals surface area contributed by atoms with Gasteiger partial charge in [-0.2, -0.15) is 0 Å². The fourth-order valence-electron chi connectivity index (χ4n) is 2.16. The lowest BCUT2D eigenvalue weighted by atomic mass is 10.1. The first kappa shape index (κ1) is 13.7. The summed E-state index contributed by atoms with van der Waals surface area (Å²) in [6.45, 7) is 3.19. The van der Waals surface area contributed by atoms with E-state index in [0.29, 0.717) is 11.6 Å². The molecule has 2 aromatic rings. The first-order valence-electron chi connectivity index (χ1n) is 6.21. The minimum Gasteiger partial charge on any atom is -0.508 e. The van der Waals surface area contributed by atoms with Crippen molar-refractivity contribution in [2.24, 2.45) is 5.73 Å². The second kappa shape index (κ2) is 5.95. The molecule has 2 rings (SSSR count). The average Bonchev–Trinajstić information content (AvgIpc) is 2.40. The lowest BCUT2D eigenvalue weighted by molar-refractivity contribution is 0.475. The summed E-state index contributed by atoms with van der Waals surface area (Å²) in [5.74, 6) is 0.243. The first-order chi connectivity index (χ1) is 9.17.